The lowest BCUT2D eigenvalue weighted by Gasteiger charge is -2.29. The minimum atomic E-state index is -0.806. The van der Waals surface area contributed by atoms with E-state index in [1.807, 2.05) is 0 Å². The van der Waals surface area contributed by atoms with E-state index in [1.165, 1.54) is 11.0 Å². The Morgan fingerprint density at radius 2 is 1.86 bits per heavy atom. The van der Waals surface area contributed by atoms with E-state index in [0.717, 1.165) is 18.2 Å². The molecule has 2 aliphatic rings. The third-order valence-electron chi connectivity index (χ3n) is 3.27. The second kappa shape index (κ2) is 5.00. The highest BCUT2D eigenvalue weighted by atomic mass is 19.1. The van der Waals surface area contributed by atoms with E-state index in [4.69, 9.17) is 11.2 Å². The van der Waals surface area contributed by atoms with Gasteiger partial charge in [0.05, 0.1) is 17.9 Å². The van der Waals surface area contributed by atoms with E-state index in [1.54, 1.807) is 0 Å². The summed E-state index contributed by atoms with van der Waals surface area (Å²) in [7, 11) is 0. The number of benzene rings is 1. The zero-order valence-electron chi connectivity index (χ0n) is 11.2. The first-order chi connectivity index (χ1) is 10.5. The molecule has 2 aliphatic heterocycles. The Bertz CT molecular complexity index is 760. The van der Waals surface area contributed by atoms with Crippen LogP contribution in [0.1, 0.15) is 0 Å². The van der Waals surface area contributed by atoms with Gasteiger partial charge in [0.15, 0.2) is 12.4 Å². The van der Waals surface area contributed by atoms with Crippen LogP contribution in [-0.4, -0.2) is 30.9 Å². The summed E-state index contributed by atoms with van der Waals surface area (Å²) in [6.45, 7) is -0.281. The Hall–Kier alpha value is -3.14. The van der Waals surface area contributed by atoms with Crippen molar-refractivity contribution in [2.24, 2.45) is 0 Å². The Labute approximate surface area is 124 Å². The van der Waals surface area contributed by atoms with Crippen molar-refractivity contribution in [1.29, 1.82) is 0 Å². The van der Waals surface area contributed by atoms with Gasteiger partial charge in [-0.3, -0.25) is 19.3 Å². The molecule has 110 valence electrons. The number of carbonyl (C=O) groups excluding carboxylic acids is 3. The van der Waals surface area contributed by atoms with Crippen LogP contribution in [-0.2, 0) is 14.4 Å². The molecule has 1 aromatic carbocycles. The van der Waals surface area contributed by atoms with Gasteiger partial charge in [0.25, 0.3) is 17.7 Å². The van der Waals surface area contributed by atoms with Crippen LogP contribution in [0.3, 0.4) is 0 Å². The first-order valence-corrected chi connectivity index (χ1v) is 6.29. The molecule has 0 spiro atoms. The highest BCUT2D eigenvalue weighted by molar-refractivity contribution is 6.28. The molecule has 0 saturated heterocycles. The van der Waals surface area contributed by atoms with E-state index in [-0.39, 0.29) is 36.2 Å². The van der Waals surface area contributed by atoms with Gasteiger partial charge in [-0.25, -0.2) is 9.29 Å². The molecule has 0 atom stereocenters. The lowest BCUT2D eigenvalue weighted by atomic mass is 10.2. The van der Waals surface area contributed by atoms with E-state index in [0.29, 0.717) is 4.90 Å². The summed E-state index contributed by atoms with van der Waals surface area (Å²) in [4.78, 5) is 37.1. The summed E-state index contributed by atoms with van der Waals surface area (Å²) < 4.78 is 19.3. The normalized spacial score (nSPS) is 16.6. The molecule has 1 aromatic rings. The van der Waals surface area contributed by atoms with Crippen molar-refractivity contribution < 1.29 is 23.5 Å². The second-order valence-corrected chi connectivity index (χ2v) is 4.59. The van der Waals surface area contributed by atoms with E-state index in [2.05, 4.69) is 5.92 Å². The minimum Gasteiger partial charge on any atom is -0.481 e. The second-order valence-electron chi connectivity index (χ2n) is 4.59. The molecular formula is C15H9FN2O4. The fraction of sp³-hybridized carbons (Fsp3) is 0.133. The lowest BCUT2D eigenvalue weighted by molar-refractivity contribution is -0.121. The number of fused-ring (bicyclic) bond motifs is 1. The molecule has 2 heterocycles. The molecule has 6 nitrogen and oxygen atoms in total. The monoisotopic (exact) mass is 300 g/mol. The number of anilines is 2. The molecular weight excluding hydrogens is 291 g/mol. The van der Waals surface area contributed by atoms with Crippen molar-refractivity contribution in [2.45, 2.75) is 0 Å². The van der Waals surface area contributed by atoms with E-state index < -0.39 is 17.6 Å². The molecule has 0 saturated carbocycles. The van der Waals surface area contributed by atoms with Crippen LogP contribution < -0.4 is 14.5 Å². The molecule has 22 heavy (non-hydrogen) atoms. The van der Waals surface area contributed by atoms with Crippen LogP contribution in [0.4, 0.5) is 15.8 Å². The molecule has 0 aliphatic carbocycles. The number of nitrogens with zero attached hydrogens (tertiary/aromatic N) is 2. The predicted octanol–water partition coefficient (Wildman–Crippen LogP) is 0.614. The topological polar surface area (TPSA) is 66.9 Å². The number of rotatable bonds is 2. The first kappa shape index (κ1) is 13.8. The van der Waals surface area contributed by atoms with Gasteiger partial charge in [0, 0.05) is 18.2 Å². The number of hydrogen-bond acceptors (Lipinski definition) is 4. The maximum Gasteiger partial charge on any atom is 0.265 e. The van der Waals surface area contributed by atoms with Gasteiger partial charge in [-0.2, -0.15) is 0 Å². The average Bonchev–Trinajstić information content (AvgIpc) is 2.81. The van der Waals surface area contributed by atoms with E-state index in [9.17, 15) is 18.8 Å². The average molecular weight is 300 g/mol. The standard InChI is InChI=1S/C15H9FN2O4/c1-2-5-17-11-7-10(18-13(19)3-4-14(18)20)9(16)6-12(11)22-8-15(17)21/h1,3-4,6-7H,5,8H2. The lowest BCUT2D eigenvalue weighted by Crippen LogP contribution is -2.39. The van der Waals surface area contributed by atoms with Crippen molar-refractivity contribution in [3.05, 3.63) is 30.1 Å². The summed E-state index contributed by atoms with van der Waals surface area (Å²) in [6.07, 6.45) is 7.31. The summed E-state index contributed by atoms with van der Waals surface area (Å²) in [5, 5.41) is 0. The van der Waals surface area contributed by atoms with Crippen LogP contribution in [0.15, 0.2) is 24.3 Å². The number of hydrogen-bond donors (Lipinski definition) is 0. The Morgan fingerprint density at radius 1 is 1.18 bits per heavy atom. The van der Waals surface area contributed by atoms with Crippen LogP contribution in [0.5, 0.6) is 5.75 Å². The number of terminal acetylenes is 1. The fourth-order valence-corrected chi connectivity index (χ4v) is 2.28. The highest BCUT2D eigenvalue weighted by Gasteiger charge is 2.32. The Morgan fingerprint density at radius 3 is 2.50 bits per heavy atom. The number of ether oxygens (including phenoxy) is 1. The molecule has 0 unspecified atom stereocenters. The smallest absolute Gasteiger partial charge is 0.265 e. The van der Waals surface area contributed by atoms with Gasteiger partial charge in [0.2, 0.25) is 0 Å². The van der Waals surface area contributed by atoms with Gasteiger partial charge in [-0.15, -0.1) is 6.42 Å². The minimum absolute atomic E-state index is 0.0274. The van der Waals surface area contributed by atoms with Gasteiger partial charge < -0.3 is 4.74 Å². The SMILES string of the molecule is C#CCN1C(=O)COc2cc(F)c(N3C(=O)C=CC3=O)cc21. The summed E-state index contributed by atoms with van der Waals surface area (Å²) in [5.41, 5.74) is -0.0304. The molecule has 0 bridgehead atoms. The first-order valence-electron chi connectivity index (χ1n) is 6.29. The molecule has 0 aromatic heterocycles. The molecule has 3 rings (SSSR count). The predicted molar refractivity (Wildman–Crippen MR) is 74.7 cm³/mol. The zero-order chi connectivity index (χ0) is 15.9. The van der Waals surface area contributed by atoms with Crippen LogP contribution in [0.2, 0.25) is 0 Å². The number of carbonyl (C=O) groups is 3. The molecule has 0 fully saturated rings. The highest BCUT2D eigenvalue weighted by Crippen LogP contribution is 2.38. The third kappa shape index (κ3) is 2.02. The van der Waals surface area contributed by atoms with Crippen molar-refractivity contribution in [1.82, 2.24) is 0 Å². The number of amides is 3. The molecule has 3 amide bonds. The summed E-state index contributed by atoms with van der Waals surface area (Å²) in [6, 6.07) is 2.24. The maximum atomic E-state index is 14.2. The molecule has 0 N–H and O–H groups in total. The fourth-order valence-electron chi connectivity index (χ4n) is 2.28. The van der Waals surface area contributed by atoms with Crippen molar-refractivity contribution in [3.63, 3.8) is 0 Å². The van der Waals surface area contributed by atoms with Crippen molar-refractivity contribution in [2.75, 3.05) is 23.0 Å². The van der Waals surface area contributed by atoms with Crippen molar-refractivity contribution in [3.8, 4) is 18.1 Å². The van der Waals surface area contributed by atoms with Gasteiger partial charge in [-0.05, 0) is 6.07 Å². The molecule has 7 heteroatoms. The van der Waals surface area contributed by atoms with Gasteiger partial charge in [-0.1, -0.05) is 5.92 Å². The van der Waals surface area contributed by atoms with Crippen LogP contribution in [0.25, 0.3) is 0 Å². The van der Waals surface area contributed by atoms with Gasteiger partial charge in [0.1, 0.15) is 5.75 Å². The summed E-state index contributed by atoms with van der Waals surface area (Å²) in [5.74, 6) is -0.0553. The Kier molecular flexibility index (Phi) is 3.14. The third-order valence-corrected chi connectivity index (χ3v) is 3.27. The number of halogens is 1. The Balaban J connectivity index is 2.11. The maximum absolute atomic E-state index is 14.2. The zero-order valence-corrected chi connectivity index (χ0v) is 11.2. The summed E-state index contributed by atoms with van der Waals surface area (Å²) >= 11 is 0. The molecule has 0 radical (unpaired) electrons. The van der Waals surface area contributed by atoms with Gasteiger partial charge >= 0.3 is 0 Å². The van der Waals surface area contributed by atoms with E-state index >= 15 is 0 Å². The van der Waals surface area contributed by atoms with Crippen LogP contribution in [0, 0.1) is 18.2 Å². The van der Waals surface area contributed by atoms with Crippen molar-refractivity contribution >= 4 is 29.1 Å². The quantitative estimate of drug-likeness (QED) is 0.593. The number of imide groups is 1. The van der Waals surface area contributed by atoms with Crippen LogP contribution >= 0.6 is 0 Å². The largest absolute Gasteiger partial charge is 0.481 e.